The standard InChI is InChI=1S/C12H7F3O2S.ClH/c13-12(14,15)10-8(6-9(18-10)11(16)17)7-4-2-1-3-5-7;/h1-6H,(H,16,17);1H/p-1. The van der Waals surface area contributed by atoms with Gasteiger partial charge in [0.1, 0.15) is 9.75 Å². The van der Waals surface area contributed by atoms with E-state index in [1.807, 2.05) is 0 Å². The Balaban J connectivity index is 0.00000180. The summed E-state index contributed by atoms with van der Waals surface area (Å²) in [7, 11) is 0. The number of carboxylic acid groups (broad SMARTS) is 1. The summed E-state index contributed by atoms with van der Waals surface area (Å²) >= 11 is 0.245. The molecule has 19 heavy (non-hydrogen) atoms. The van der Waals surface area contributed by atoms with E-state index in [0.717, 1.165) is 6.07 Å². The van der Waals surface area contributed by atoms with E-state index >= 15 is 0 Å². The van der Waals surface area contributed by atoms with Crippen molar-refractivity contribution in [2.75, 3.05) is 0 Å². The predicted octanol–water partition coefficient (Wildman–Crippen LogP) is 1.14. The average molecular weight is 308 g/mol. The van der Waals surface area contributed by atoms with Crippen molar-refractivity contribution >= 4 is 17.3 Å². The van der Waals surface area contributed by atoms with Gasteiger partial charge < -0.3 is 17.5 Å². The fourth-order valence-corrected chi connectivity index (χ4v) is 2.43. The van der Waals surface area contributed by atoms with Gasteiger partial charge in [0.05, 0.1) is 0 Å². The molecule has 0 fully saturated rings. The quantitative estimate of drug-likeness (QED) is 0.903. The summed E-state index contributed by atoms with van der Waals surface area (Å²) in [6.45, 7) is 0. The third kappa shape index (κ3) is 3.27. The topological polar surface area (TPSA) is 37.3 Å². The fourth-order valence-electron chi connectivity index (χ4n) is 1.54. The molecular formula is C12H7ClF3O2S-. The highest BCUT2D eigenvalue weighted by atomic mass is 35.5. The van der Waals surface area contributed by atoms with Gasteiger partial charge in [0.15, 0.2) is 0 Å². The summed E-state index contributed by atoms with van der Waals surface area (Å²) in [4.78, 5) is 9.57. The molecule has 0 aliphatic heterocycles. The molecule has 0 saturated carbocycles. The smallest absolute Gasteiger partial charge is 0.426 e. The number of halogens is 4. The molecule has 2 aromatic rings. The molecule has 0 bridgehead atoms. The molecule has 0 amide bonds. The molecule has 2 rings (SSSR count). The van der Waals surface area contributed by atoms with Crippen molar-refractivity contribution < 1.29 is 35.5 Å². The minimum Gasteiger partial charge on any atom is -1.00 e. The van der Waals surface area contributed by atoms with Crippen LogP contribution < -0.4 is 12.4 Å². The van der Waals surface area contributed by atoms with Crippen molar-refractivity contribution in [1.29, 1.82) is 0 Å². The highest BCUT2D eigenvalue weighted by molar-refractivity contribution is 7.14. The third-order valence-electron chi connectivity index (χ3n) is 2.29. The zero-order chi connectivity index (χ0) is 13.3. The molecule has 0 unspecified atom stereocenters. The monoisotopic (exact) mass is 307 g/mol. The van der Waals surface area contributed by atoms with Crippen LogP contribution >= 0.6 is 11.3 Å². The minimum atomic E-state index is -4.55. The average Bonchev–Trinajstić information content (AvgIpc) is 2.74. The van der Waals surface area contributed by atoms with E-state index in [-0.39, 0.29) is 34.2 Å². The van der Waals surface area contributed by atoms with Gasteiger partial charge in [0, 0.05) is 5.56 Å². The van der Waals surface area contributed by atoms with Crippen LogP contribution in [0.5, 0.6) is 0 Å². The Morgan fingerprint density at radius 1 is 1.16 bits per heavy atom. The molecule has 0 spiro atoms. The van der Waals surface area contributed by atoms with Crippen LogP contribution in [0.1, 0.15) is 14.5 Å². The van der Waals surface area contributed by atoms with E-state index in [4.69, 9.17) is 5.11 Å². The Bertz CT molecular complexity index is 578. The SMILES string of the molecule is O=C(O)c1cc(-c2ccccc2)c(C(F)(F)F)s1.[Cl-]. The van der Waals surface area contributed by atoms with Crippen LogP contribution in [0.4, 0.5) is 13.2 Å². The molecule has 2 nitrogen and oxygen atoms in total. The van der Waals surface area contributed by atoms with Crippen LogP contribution in [0, 0.1) is 0 Å². The Hall–Kier alpha value is -1.53. The molecule has 1 heterocycles. The van der Waals surface area contributed by atoms with Crippen LogP contribution in [0.3, 0.4) is 0 Å². The molecular weight excluding hydrogens is 301 g/mol. The number of hydrogen-bond acceptors (Lipinski definition) is 2. The minimum absolute atomic E-state index is 0. The van der Waals surface area contributed by atoms with Crippen LogP contribution in [-0.2, 0) is 6.18 Å². The molecule has 0 saturated heterocycles. The predicted molar refractivity (Wildman–Crippen MR) is 61.7 cm³/mol. The van der Waals surface area contributed by atoms with Crippen LogP contribution in [-0.4, -0.2) is 11.1 Å². The summed E-state index contributed by atoms with van der Waals surface area (Å²) in [6.07, 6.45) is -4.55. The summed E-state index contributed by atoms with van der Waals surface area (Å²) in [5.41, 5.74) is 0.263. The lowest BCUT2D eigenvalue weighted by molar-refractivity contribution is -0.133. The van der Waals surface area contributed by atoms with Crippen LogP contribution in [0.25, 0.3) is 11.1 Å². The summed E-state index contributed by atoms with van der Waals surface area (Å²) in [5.74, 6) is -1.35. The normalized spacial score (nSPS) is 10.9. The van der Waals surface area contributed by atoms with Gasteiger partial charge in [-0.25, -0.2) is 4.79 Å². The Kier molecular flexibility index (Phi) is 4.60. The van der Waals surface area contributed by atoms with Gasteiger partial charge in [0.25, 0.3) is 0 Å². The maximum Gasteiger partial charge on any atom is 0.426 e. The lowest BCUT2D eigenvalue weighted by atomic mass is 10.1. The molecule has 0 radical (unpaired) electrons. The lowest BCUT2D eigenvalue weighted by Crippen LogP contribution is -3.00. The second-order valence-electron chi connectivity index (χ2n) is 3.52. The first kappa shape index (κ1) is 15.5. The molecule has 102 valence electrons. The number of carboxylic acids is 1. The summed E-state index contributed by atoms with van der Waals surface area (Å²) in [5, 5.41) is 8.78. The largest absolute Gasteiger partial charge is 1.00 e. The van der Waals surface area contributed by atoms with E-state index < -0.39 is 17.0 Å². The molecule has 1 N–H and O–H groups in total. The molecule has 0 aliphatic carbocycles. The second kappa shape index (κ2) is 5.63. The highest BCUT2D eigenvalue weighted by Gasteiger charge is 2.37. The number of benzene rings is 1. The van der Waals surface area contributed by atoms with Gasteiger partial charge >= 0.3 is 12.1 Å². The van der Waals surface area contributed by atoms with Crippen molar-refractivity contribution in [3.05, 3.63) is 46.2 Å². The van der Waals surface area contributed by atoms with Gasteiger partial charge in [-0.3, -0.25) is 0 Å². The van der Waals surface area contributed by atoms with E-state index in [1.165, 1.54) is 12.1 Å². The van der Waals surface area contributed by atoms with Crippen molar-refractivity contribution in [3.63, 3.8) is 0 Å². The van der Waals surface area contributed by atoms with Crippen LogP contribution in [0.15, 0.2) is 36.4 Å². The first-order valence-corrected chi connectivity index (χ1v) is 5.71. The van der Waals surface area contributed by atoms with Gasteiger partial charge in [-0.1, -0.05) is 30.3 Å². The van der Waals surface area contributed by atoms with Crippen molar-refractivity contribution in [2.24, 2.45) is 0 Å². The maximum absolute atomic E-state index is 12.8. The Morgan fingerprint density at radius 3 is 2.21 bits per heavy atom. The summed E-state index contributed by atoms with van der Waals surface area (Å²) in [6, 6.07) is 8.99. The van der Waals surface area contributed by atoms with Gasteiger partial charge in [-0.15, -0.1) is 11.3 Å². The molecule has 0 atom stereocenters. The third-order valence-corrected chi connectivity index (χ3v) is 3.45. The Morgan fingerprint density at radius 2 is 1.74 bits per heavy atom. The van der Waals surface area contributed by atoms with E-state index in [0.29, 0.717) is 5.56 Å². The number of thiophene rings is 1. The van der Waals surface area contributed by atoms with E-state index in [9.17, 15) is 18.0 Å². The zero-order valence-corrected chi connectivity index (χ0v) is 10.8. The van der Waals surface area contributed by atoms with Gasteiger partial charge in [0.2, 0.25) is 0 Å². The van der Waals surface area contributed by atoms with Crippen molar-refractivity contribution in [1.82, 2.24) is 0 Å². The Labute approximate surface area is 116 Å². The molecule has 1 aromatic heterocycles. The number of aromatic carboxylic acids is 1. The van der Waals surface area contributed by atoms with E-state index in [1.54, 1.807) is 18.2 Å². The fraction of sp³-hybridized carbons (Fsp3) is 0.0833. The van der Waals surface area contributed by atoms with Crippen molar-refractivity contribution in [3.8, 4) is 11.1 Å². The van der Waals surface area contributed by atoms with E-state index in [2.05, 4.69) is 0 Å². The molecule has 0 aliphatic rings. The number of alkyl halides is 3. The second-order valence-corrected chi connectivity index (χ2v) is 4.57. The first-order valence-electron chi connectivity index (χ1n) is 4.89. The van der Waals surface area contributed by atoms with Gasteiger partial charge in [-0.2, -0.15) is 13.2 Å². The van der Waals surface area contributed by atoms with Crippen molar-refractivity contribution in [2.45, 2.75) is 6.18 Å². The molecule has 7 heteroatoms. The number of hydrogen-bond donors (Lipinski definition) is 1. The summed E-state index contributed by atoms with van der Waals surface area (Å²) < 4.78 is 38.5. The number of carbonyl (C=O) groups is 1. The van der Waals surface area contributed by atoms with Gasteiger partial charge in [-0.05, 0) is 11.6 Å². The maximum atomic E-state index is 12.8. The first-order chi connectivity index (χ1) is 8.39. The number of rotatable bonds is 2. The molecule has 1 aromatic carbocycles. The highest BCUT2D eigenvalue weighted by Crippen LogP contribution is 2.42. The van der Waals surface area contributed by atoms with Crippen LogP contribution in [0.2, 0.25) is 0 Å². The zero-order valence-electron chi connectivity index (χ0n) is 9.24. The lowest BCUT2D eigenvalue weighted by Gasteiger charge is -2.07.